The number of nitrogens with one attached hydrogen (secondary N) is 1. The molecular formula is C16H21BrN2S. The third-order valence-electron chi connectivity index (χ3n) is 3.13. The number of halogens is 1. The molecule has 0 aliphatic carbocycles. The van der Waals surface area contributed by atoms with Crippen LogP contribution < -0.4 is 5.32 Å². The van der Waals surface area contributed by atoms with Gasteiger partial charge in [-0.25, -0.2) is 0 Å². The molecule has 0 fully saturated rings. The summed E-state index contributed by atoms with van der Waals surface area (Å²) in [6, 6.07) is 10.9. The first kappa shape index (κ1) is 15.7. The summed E-state index contributed by atoms with van der Waals surface area (Å²) in [5, 5.41) is 3.54. The van der Waals surface area contributed by atoms with E-state index >= 15 is 0 Å². The largest absolute Gasteiger partial charge is 0.308 e. The summed E-state index contributed by atoms with van der Waals surface area (Å²) in [6.45, 7) is 4.97. The molecule has 0 spiro atoms. The summed E-state index contributed by atoms with van der Waals surface area (Å²) in [7, 11) is 4.21. The lowest BCUT2D eigenvalue weighted by Crippen LogP contribution is -2.16. The van der Waals surface area contributed by atoms with Crippen LogP contribution in [0.3, 0.4) is 0 Å². The van der Waals surface area contributed by atoms with Gasteiger partial charge in [0, 0.05) is 33.9 Å². The highest BCUT2D eigenvalue weighted by molar-refractivity contribution is 9.10. The van der Waals surface area contributed by atoms with E-state index in [-0.39, 0.29) is 0 Å². The molecule has 0 radical (unpaired) electrons. The zero-order valence-corrected chi connectivity index (χ0v) is 14.6. The average molecular weight is 353 g/mol. The lowest BCUT2D eigenvalue weighted by Gasteiger charge is -2.14. The second kappa shape index (κ2) is 7.36. The molecule has 0 bridgehead atoms. The minimum Gasteiger partial charge on any atom is -0.308 e. The van der Waals surface area contributed by atoms with Crippen molar-refractivity contribution in [2.24, 2.45) is 0 Å². The van der Waals surface area contributed by atoms with Crippen LogP contribution in [0.5, 0.6) is 0 Å². The molecule has 0 saturated carbocycles. The Bertz CT molecular complexity index is 544. The van der Waals surface area contributed by atoms with Gasteiger partial charge in [-0.1, -0.05) is 24.3 Å². The van der Waals surface area contributed by atoms with Gasteiger partial charge in [0.25, 0.3) is 0 Å². The van der Waals surface area contributed by atoms with Crippen molar-refractivity contribution in [1.29, 1.82) is 0 Å². The second-order valence-electron chi connectivity index (χ2n) is 5.23. The smallest absolute Gasteiger partial charge is 0.0314 e. The number of hydrogen-bond donors (Lipinski definition) is 1. The van der Waals surface area contributed by atoms with E-state index < -0.39 is 0 Å². The molecule has 108 valence electrons. The maximum atomic E-state index is 3.57. The average Bonchev–Trinajstić information content (AvgIpc) is 2.70. The normalized spacial score (nSPS) is 11.2. The number of hydrogen-bond acceptors (Lipinski definition) is 3. The van der Waals surface area contributed by atoms with Gasteiger partial charge in [0.1, 0.15) is 0 Å². The maximum Gasteiger partial charge on any atom is 0.0314 e. The topological polar surface area (TPSA) is 15.3 Å². The predicted molar refractivity (Wildman–Crippen MR) is 91.1 cm³/mol. The van der Waals surface area contributed by atoms with E-state index in [1.165, 1.54) is 25.4 Å². The van der Waals surface area contributed by atoms with Gasteiger partial charge in [-0.3, -0.25) is 0 Å². The molecule has 1 aromatic heterocycles. The predicted octanol–water partition coefficient (Wildman–Crippen LogP) is 4.17. The minimum atomic E-state index is 0.915. The Balaban J connectivity index is 1.93. The highest BCUT2D eigenvalue weighted by Crippen LogP contribution is 2.26. The van der Waals surface area contributed by atoms with Crippen LogP contribution in [-0.4, -0.2) is 19.0 Å². The summed E-state index contributed by atoms with van der Waals surface area (Å²) < 4.78 is 1.22. The summed E-state index contributed by atoms with van der Waals surface area (Å²) in [6.07, 6.45) is 0. The van der Waals surface area contributed by atoms with Crippen LogP contribution in [0.25, 0.3) is 0 Å². The molecule has 0 amide bonds. The third-order valence-corrected chi connectivity index (χ3v) is 5.26. The molecular weight excluding hydrogens is 332 g/mol. The minimum absolute atomic E-state index is 0.915. The first-order valence-corrected chi connectivity index (χ1v) is 8.34. The van der Waals surface area contributed by atoms with Crippen molar-refractivity contribution < 1.29 is 0 Å². The number of aryl methyl sites for hydroxylation is 1. The van der Waals surface area contributed by atoms with E-state index in [0.29, 0.717) is 0 Å². The molecule has 0 aliphatic heterocycles. The first-order valence-electron chi connectivity index (χ1n) is 6.73. The Kier molecular flexibility index (Phi) is 5.78. The van der Waals surface area contributed by atoms with Crippen LogP contribution >= 0.6 is 27.3 Å². The van der Waals surface area contributed by atoms with Crippen LogP contribution in [0.2, 0.25) is 0 Å². The van der Waals surface area contributed by atoms with Crippen molar-refractivity contribution in [3.8, 4) is 0 Å². The molecule has 2 rings (SSSR count). The lowest BCUT2D eigenvalue weighted by molar-refractivity contribution is 0.400. The Hall–Kier alpha value is -0.680. The molecule has 1 N–H and O–H groups in total. The van der Waals surface area contributed by atoms with Crippen LogP contribution in [-0.2, 0) is 19.6 Å². The van der Waals surface area contributed by atoms with Crippen LogP contribution in [0.4, 0.5) is 0 Å². The Morgan fingerprint density at radius 1 is 1.15 bits per heavy atom. The van der Waals surface area contributed by atoms with Crippen molar-refractivity contribution in [3.63, 3.8) is 0 Å². The quantitative estimate of drug-likeness (QED) is 0.839. The van der Waals surface area contributed by atoms with Crippen LogP contribution in [0.15, 0.2) is 34.8 Å². The molecule has 1 heterocycles. The van der Waals surface area contributed by atoms with Gasteiger partial charge in [0.15, 0.2) is 0 Å². The van der Waals surface area contributed by atoms with E-state index in [4.69, 9.17) is 0 Å². The van der Waals surface area contributed by atoms with Gasteiger partial charge in [-0.05, 0) is 54.1 Å². The van der Waals surface area contributed by atoms with Gasteiger partial charge in [0.2, 0.25) is 0 Å². The molecule has 20 heavy (non-hydrogen) atoms. The fraction of sp³-hybridized carbons (Fsp3) is 0.375. The maximum absolute atomic E-state index is 3.57. The van der Waals surface area contributed by atoms with Crippen molar-refractivity contribution in [2.45, 2.75) is 26.6 Å². The highest BCUT2D eigenvalue weighted by Gasteiger charge is 2.05. The highest BCUT2D eigenvalue weighted by atomic mass is 79.9. The zero-order chi connectivity index (χ0) is 14.5. The molecule has 2 aromatic rings. The molecule has 0 atom stereocenters. The molecule has 0 saturated heterocycles. The summed E-state index contributed by atoms with van der Waals surface area (Å²) in [4.78, 5) is 4.92. The number of rotatable bonds is 6. The molecule has 2 nitrogen and oxygen atoms in total. The number of nitrogens with zero attached hydrogens (tertiary/aromatic N) is 1. The third kappa shape index (κ3) is 4.42. The van der Waals surface area contributed by atoms with Crippen molar-refractivity contribution in [2.75, 3.05) is 14.1 Å². The fourth-order valence-electron chi connectivity index (χ4n) is 2.15. The van der Waals surface area contributed by atoms with Gasteiger partial charge in [-0.15, -0.1) is 11.3 Å². The van der Waals surface area contributed by atoms with Gasteiger partial charge in [-0.2, -0.15) is 0 Å². The summed E-state index contributed by atoms with van der Waals surface area (Å²) >= 11 is 5.42. The van der Waals surface area contributed by atoms with Gasteiger partial charge in [0.05, 0.1) is 0 Å². The first-order chi connectivity index (χ1) is 9.56. The Morgan fingerprint density at radius 3 is 2.45 bits per heavy atom. The lowest BCUT2D eigenvalue weighted by atomic mass is 10.1. The van der Waals surface area contributed by atoms with E-state index in [1.807, 2.05) is 11.3 Å². The number of thiophene rings is 1. The van der Waals surface area contributed by atoms with E-state index in [9.17, 15) is 0 Å². The molecule has 4 heteroatoms. The van der Waals surface area contributed by atoms with Crippen molar-refractivity contribution >= 4 is 27.3 Å². The standard InChI is InChI=1S/C16H21BrN2S/c1-12-16(17)8-15(20-12)10-18-9-13-6-4-5-7-14(13)11-19(2)3/h4-8,18H,9-11H2,1-3H3. The molecule has 0 aliphatic rings. The van der Waals surface area contributed by atoms with Crippen molar-refractivity contribution in [3.05, 3.63) is 55.7 Å². The van der Waals surface area contributed by atoms with Crippen LogP contribution in [0.1, 0.15) is 20.9 Å². The molecule has 1 aromatic carbocycles. The van der Waals surface area contributed by atoms with Gasteiger partial charge >= 0.3 is 0 Å². The molecule has 0 unspecified atom stereocenters. The van der Waals surface area contributed by atoms with Gasteiger partial charge < -0.3 is 10.2 Å². The fourth-order valence-corrected chi connectivity index (χ4v) is 3.72. The zero-order valence-electron chi connectivity index (χ0n) is 12.2. The van der Waals surface area contributed by atoms with E-state index in [0.717, 1.165) is 19.6 Å². The van der Waals surface area contributed by atoms with E-state index in [1.54, 1.807) is 0 Å². The van der Waals surface area contributed by atoms with E-state index in [2.05, 4.69) is 77.5 Å². The Morgan fingerprint density at radius 2 is 1.85 bits per heavy atom. The second-order valence-corrected chi connectivity index (χ2v) is 7.42. The summed E-state index contributed by atoms with van der Waals surface area (Å²) in [5.41, 5.74) is 2.78. The number of benzene rings is 1. The Labute approximate surface area is 133 Å². The summed E-state index contributed by atoms with van der Waals surface area (Å²) in [5.74, 6) is 0. The van der Waals surface area contributed by atoms with Crippen LogP contribution in [0, 0.1) is 6.92 Å². The van der Waals surface area contributed by atoms with Crippen molar-refractivity contribution in [1.82, 2.24) is 10.2 Å². The monoisotopic (exact) mass is 352 g/mol. The SMILES string of the molecule is Cc1sc(CNCc2ccccc2CN(C)C)cc1Br.